The summed E-state index contributed by atoms with van der Waals surface area (Å²) in [5, 5.41) is 11.6. The van der Waals surface area contributed by atoms with Crippen molar-refractivity contribution in [1.29, 1.82) is 0 Å². The van der Waals surface area contributed by atoms with Gasteiger partial charge in [0.25, 0.3) is 0 Å². The molecule has 72 valence electrons. The highest BCUT2D eigenvalue weighted by Gasteiger charge is 2.10. The number of hydrogen-bond acceptors (Lipinski definition) is 3. The molecule has 0 aliphatic carbocycles. The van der Waals surface area contributed by atoms with E-state index in [1.54, 1.807) is 4.68 Å². The molecule has 0 aliphatic rings. The van der Waals surface area contributed by atoms with Crippen LogP contribution in [0, 0.1) is 0 Å². The largest absolute Gasteiger partial charge is 0.197 e. The van der Waals surface area contributed by atoms with Crippen molar-refractivity contribution in [2.24, 2.45) is 0 Å². The molecule has 0 unspecified atom stereocenters. The standard InChI is InChI=1S/C10H12N4/c1-8(2)10-11-12-13-14(10)9-6-4-3-5-7-9/h3-8H,1-2H3. The van der Waals surface area contributed by atoms with E-state index in [1.165, 1.54) is 0 Å². The van der Waals surface area contributed by atoms with Crippen LogP contribution in [0.1, 0.15) is 25.6 Å². The summed E-state index contributed by atoms with van der Waals surface area (Å²) < 4.78 is 1.77. The topological polar surface area (TPSA) is 43.6 Å². The number of para-hydroxylation sites is 1. The van der Waals surface area contributed by atoms with Gasteiger partial charge in [-0.2, -0.15) is 4.68 Å². The second-order valence-electron chi connectivity index (χ2n) is 3.44. The Labute approximate surface area is 82.6 Å². The van der Waals surface area contributed by atoms with Crippen LogP contribution < -0.4 is 0 Å². The van der Waals surface area contributed by atoms with Crippen molar-refractivity contribution in [1.82, 2.24) is 20.2 Å². The van der Waals surface area contributed by atoms with Crippen molar-refractivity contribution in [3.05, 3.63) is 36.2 Å². The van der Waals surface area contributed by atoms with Crippen molar-refractivity contribution in [2.75, 3.05) is 0 Å². The Bertz CT molecular complexity index is 405. The van der Waals surface area contributed by atoms with E-state index in [9.17, 15) is 0 Å². The fraction of sp³-hybridized carbons (Fsp3) is 0.300. The van der Waals surface area contributed by atoms with Crippen LogP contribution in [-0.4, -0.2) is 20.2 Å². The Morgan fingerprint density at radius 2 is 1.86 bits per heavy atom. The number of tetrazole rings is 1. The number of benzene rings is 1. The monoisotopic (exact) mass is 188 g/mol. The molecule has 14 heavy (non-hydrogen) atoms. The molecule has 1 aromatic heterocycles. The predicted molar refractivity (Wildman–Crippen MR) is 53.2 cm³/mol. The molecule has 1 aromatic carbocycles. The fourth-order valence-electron chi connectivity index (χ4n) is 1.31. The number of nitrogens with zero attached hydrogens (tertiary/aromatic N) is 4. The first-order valence-corrected chi connectivity index (χ1v) is 4.62. The lowest BCUT2D eigenvalue weighted by Crippen LogP contribution is -2.04. The lowest BCUT2D eigenvalue weighted by molar-refractivity contribution is 0.710. The van der Waals surface area contributed by atoms with Gasteiger partial charge in [0.1, 0.15) is 0 Å². The molecule has 0 aliphatic heterocycles. The van der Waals surface area contributed by atoms with Crippen LogP contribution >= 0.6 is 0 Å². The summed E-state index contributed by atoms with van der Waals surface area (Å²) in [5.74, 6) is 1.21. The van der Waals surface area contributed by atoms with E-state index < -0.39 is 0 Å². The van der Waals surface area contributed by atoms with Crippen LogP contribution in [0.2, 0.25) is 0 Å². The van der Waals surface area contributed by atoms with Gasteiger partial charge in [-0.25, -0.2) is 0 Å². The van der Waals surface area contributed by atoms with Gasteiger partial charge >= 0.3 is 0 Å². The van der Waals surface area contributed by atoms with E-state index in [4.69, 9.17) is 0 Å². The molecule has 1 heterocycles. The number of hydrogen-bond donors (Lipinski definition) is 0. The minimum Gasteiger partial charge on any atom is -0.197 e. The third kappa shape index (κ3) is 1.51. The van der Waals surface area contributed by atoms with Gasteiger partial charge < -0.3 is 0 Å². The lowest BCUT2D eigenvalue weighted by Gasteiger charge is -2.05. The summed E-state index contributed by atoms with van der Waals surface area (Å²) in [6.07, 6.45) is 0. The molecule has 0 radical (unpaired) electrons. The van der Waals surface area contributed by atoms with E-state index >= 15 is 0 Å². The van der Waals surface area contributed by atoms with Gasteiger partial charge in [-0.05, 0) is 22.6 Å². The van der Waals surface area contributed by atoms with Crippen LogP contribution in [0.4, 0.5) is 0 Å². The van der Waals surface area contributed by atoms with Gasteiger partial charge in [-0.15, -0.1) is 5.10 Å². The molecule has 0 amide bonds. The molecule has 2 aromatic rings. The van der Waals surface area contributed by atoms with E-state index in [-0.39, 0.29) is 0 Å². The third-order valence-corrected chi connectivity index (χ3v) is 2.01. The first kappa shape index (κ1) is 8.87. The Morgan fingerprint density at radius 1 is 1.14 bits per heavy atom. The smallest absolute Gasteiger partial charge is 0.159 e. The Morgan fingerprint density at radius 3 is 2.50 bits per heavy atom. The van der Waals surface area contributed by atoms with Crippen molar-refractivity contribution in [2.45, 2.75) is 19.8 Å². The average Bonchev–Trinajstić information content (AvgIpc) is 2.67. The molecule has 0 saturated carbocycles. The summed E-state index contributed by atoms with van der Waals surface area (Å²) in [7, 11) is 0. The third-order valence-electron chi connectivity index (χ3n) is 2.01. The van der Waals surface area contributed by atoms with Crippen molar-refractivity contribution in [3.63, 3.8) is 0 Å². The van der Waals surface area contributed by atoms with Crippen LogP contribution in [-0.2, 0) is 0 Å². The summed E-state index contributed by atoms with van der Waals surface area (Å²) in [5.41, 5.74) is 1.00. The van der Waals surface area contributed by atoms with Crippen molar-refractivity contribution < 1.29 is 0 Å². The van der Waals surface area contributed by atoms with E-state index in [0.717, 1.165) is 11.5 Å². The van der Waals surface area contributed by atoms with Crippen LogP contribution in [0.5, 0.6) is 0 Å². The zero-order chi connectivity index (χ0) is 9.97. The molecule has 0 fully saturated rings. The summed E-state index contributed by atoms with van der Waals surface area (Å²) in [6.45, 7) is 4.15. The molecule has 0 atom stereocenters. The number of aromatic nitrogens is 4. The van der Waals surface area contributed by atoms with Gasteiger partial charge in [-0.1, -0.05) is 32.0 Å². The summed E-state index contributed by atoms with van der Waals surface area (Å²) >= 11 is 0. The first-order valence-electron chi connectivity index (χ1n) is 4.62. The second kappa shape index (κ2) is 3.57. The van der Waals surface area contributed by atoms with Crippen LogP contribution in [0.25, 0.3) is 5.69 Å². The number of rotatable bonds is 2. The van der Waals surface area contributed by atoms with E-state index in [1.807, 2.05) is 30.3 Å². The van der Waals surface area contributed by atoms with Crippen molar-refractivity contribution >= 4 is 0 Å². The zero-order valence-corrected chi connectivity index (χ0v) is 8.25. The maximum atomic E-state index is 3.99. The molecule has 4 nitrogen and oxygen atoms in total. The van der Waals surface area contributed by atoms with Crippen LogP contribution in [0.3, 0.4) is 0 Å². The molecule has 2 rings (SSSR count). The van der Waals surface area contributed by atoms with Gasteiger partial charge in [0.2, 0.25) is 0 Å². The average molecular weight is 188 g/mol. The van der Waals surface area contributed by atoms with Gasteiger partial charge in [0, 0.05) is 5.92 Å². The lowest BCUT2D eigenvalue weighted by atomic mass is 10.2. The van der Waals surface area contributed by atoms with E-state index in [0.29, 0.717) is 5.92 Å². The summed E-state index contributed by atoms with van der Waals surface area (Å²) in [4.78, 5) is 0. The highest BCUT2D eigenvalue weighted by Crippen LogP contribution is 2.14. The SMILES string of the molecule is CC(C)c1nnnn1-c1ccccc1. The maximum absolute atomic E-state index is 3.99. The Balaban J connectivity index is 2.47. The van der Waals surface area contributed by atoms with Crippen LogP contribution in [0.15, 0.2) is 30.3 Å². The van der Waals surface area contributed by atoms with Gasteiger partial charge in [0.15, 0.2) is 5.82 Å². The quantitative estimate of drug-likeness (QED) is 0.721. The maximum Gasteiger partial charge on any atom is 0.159 e. The highest BCUT2D eigenvalue weighted by atomic mass is 15.5. The highest BCUT2D eigenvalue weighted by molar-refractivity contribution is 5.30. The minimum atomic E-state index is 0.324. The predicted octanol–water partition coefficient (Wildman–Crippen LogP) is 1.79. The van der Waals surface area contributed by atoms with Crippen molar-refractivity contribution in [3.8, 4) is 5.69 Å². The molecule has 0 spiro atoms. The Hall–Kier alpha value is -1.71. The molecule has 0 N–H and O–H groups in total. The molecular weight excluding hydrogens is 176 g/mol. The molecule has 0 saturated heterocycles. The molecule has 4 heteroatoms. The minimum absolute atomic E-state index is 0.324. The molecule has 0 bridgehead atoms. The summed E-state index contributed by atoms with van der Waals surface area (Å²) in [6, 6.07) is 9.90. The zero-order valence-electron chi connectivity index (χ0n) is 8.25. The Kier molecular flexibility index (Phi) is 2.26. The van der Waals surface area contributed by atoms with E-state index in [2.05, 4.69) is 29.4 Å². The normalized spacial score (nSPS) is 10.8. The second-order valence-corrected chi connectivity index (χ2v) is 3.44. The molecular formula is C10H12N4. The van der Waals surface area contributed by atoms with Gasteiger partial charge in [0.05, 0.1) is 5.69 Å². The van der Waals surface area contributed by atoms with Gasteiger partial charge in [-0.3, -0.25) is 0 Å². The fourth-order valence-corrected chi connectivity index (χ4v) is 1.31. The first-order chi connectivity index (χ1) is 6.79.